The summed E-state index contributed by atoms with van der Waals surface area (Å²) in [6, 6.07) is 9.56. The third kappa shape index (κ3) is 3.97. The van der Waals surface area contributed by atoms with Crippen molar-refractivity contribution in [3.63, 3.8) is 0 Å². The summed E-state index contributed by atoms with van der Waals surface area (Å²) < 4.78 is 0.670. The van der Waals surface area contributed by atoms with Crippen LogP contribution in [0.1, 0.15) is 15.9 Å². The molecule has 0 heterocycles. The van der Waals surface area contributed by atoms with Crippen LogP contribution in [0.2, 0.25) is 10.0 Å². The van der Waals surface area contributed by atoms with Crippen molar-refractivity contribution in [1.82, 2.24) is 5.43 Å². The molecule has 2 aromatic carbocycles. The van der Waals surface area contributed by atoms with Crippen LogP contribution < -0.4 is 5.43 Å². The molecule has 0 fully saturated rings. The molecule has 0 aliphatic rings. The van der Waals surface area contributed by atoms with Crippen LogP contribution >= 0.6 is 39.1 Å². The Hall–Kier alpha value is -1.56. The fraction of sp³-hybridized carbons (Fsp3) is 0. The Morgan fingerprint density at radius 1 is 1.24 bits per heavy atom. The van der Waals surface area contributed by atoms with Gasteiger partial charge in [-0.3, -0.25) is 4.79 Å². The van der Waals surface area contributed by atoms with Crippen LogP contribution in [0.3, 0.4) is 0 Å². The Morgan fingerprint density at radius 2 is 1.90 bits per heavy atom. The van der Waals surface area contributed by atoms with Gasteiger partial charge >= 0.3 is 0 Å². The van der Waals surface area contributed by atoms with Gasteiger partial charge in [-0.05, 0) is 30.3 Å². The van der Waals surface area contributed by atoms with Crippen LogP contribution in [0.5, 0.6) is 5.75 Å². The van der Waals surface area contributed by atoms with Gasteiger partial charge < -0.3 is 5.11 Å². The second-order valence-electron chi connectivity index (χ2n) is 4.00. The lowest BCUT2D eigenvalue weighted by Gasteiger charge is -2.04. The van der Waals surface area contributed by atoms with Crippen molar-refractivity contribution in [2.45, 2.75) is 0 Å². The van der Waals surface area contributed by atoms with E-state index in [9.17, 15) is 9.90 Å². The zero-order valence-corrected chi connectivity index (χ0v) is 13.6. The molecule has 0 spiro atoms. The molecule has 2 aromatic rings. The van der Waals surface area contributed by atoms with E-state index in [2.05, 4.69) is 26.5 Å². The number of rotatable bonds is 3. The number of benzene rings is 2. The number of aromatic hydroxyl groups is 1. The van der Waals surface area contributed by atoms with Gasteiger partial charge in [0, 0.05) is 10.0 Å². The van der Waals surface area contributed by atoms with Gasteiger partial charge in [0.05, 0.1) is 21.8 Å². The largest absolute Gasteiger partial charge is 0.507 e. The second-order valence-corrected chi connectivity index (χ2v) is 5.73. The SMILES string of the molecule is O=C(N/N=C/c1c(Cl)cccc1Cl)c1cc(Br)ccc1O. The highest BCUT2D eigenvalue weighted by Gasteiger charge is 2.10. The zero-order chi connectivity index (χ0) is 15.4. The first-order valence-corrected chi connectivity index (χ1v) is 7.30. The van der Waals surface area contributed by atoms with Gasteiger partial charge in [-0.15, -0.1) is 0 Å². The first kappa shape index (κ1) is 15.8. The molecule has 7 heteroatoms. The van der Waals surface area contributed by atoms with E-state index in [4.69, 9.17) is 23.2 Å². The zero-order valence-electron chi connectivity index (χ0n) is 10.5. The van der Waals surface area contributed by atoms with E-state index in [-0.39, 0.29) is 11.3 Å². The topological polar surface area (TPSA) is 61.7 Å². The summed E-state index contributed by atoms with van der Waals surface area (Å²) in [6.07, 6.45) is 1.34. The number of nitrogens with zero attached hydrogens (tertiary/aromatic N) is 1. The lowest BCUT2D eigenvalue weighted by atomic mass is 10.2. The Balaban J connectivity index is 2.14. The van der Waals surface area contributed by atoms with Crippen molar-refractivity contribution in [3.05, 3.63) is 62.0 Å². The maximum absolute atomic E-state index is 11.9. The average Bonchev–Trinajstić information content (AvgIpc) is 2.44. The summed E-state index contributed by atoms with van der Waals surface area (Å²) in [5.74, 6) is -0.685. The summed E-state index contributed by atoms with van der Waals surface area (Å²) in [5, 5.41) is 14.3. The standard InChI is InChI=1S/C14H9BrCl2N2O2/c15-8-4-5-13(20)9(6-8)14(21)19-18-7-10-11(16)2-1-3-12(10)17/h1-7,20H,(H,19,21)/b18-7+. The monoisotopic (exact) mass is 386 g/mol. The third-order valence-corrected chi connectivity index (χ3v) is 3.72. The van der Waals surface area contributed by atoms with E-state index >= 15 is 0 Å². The van der Waals surface area contributed by atoms with Crippen molar-refractivity contribution in [3.8, 4) is 5.75 Å². The van der Waals surface area contributed by atoms with Gasteiger partial charge in [0.2, 0.25) is 0 Å². The Kier molecular flexibility index (Phi) is 5.22. The fourth-order valence-corrected chi connectivity index (χ4v) is 2.40. The normalized spacial score (nSPS) is 10.8. The van der Waals surface area contributed by atoms with Crippen molar-refractivity contribution >= 4 is 51.3 Å². The van der Waals surface area contributed by atoms with Crippen LogP contribution in [0.15, 0.2) is 46.0 Å². The molecule has 0 aliphatic carbocycles. The van der Waals surface area contributed by atoms with Gasteiger partial charge in [-0.2, -0.15) is 5.10 Å². The van der Waals surface area contributed by atoms with Crippen molar-refractivity contribution in [2.75, 3.05) is 0 Å². The molecule has 2 rings (SSSR count). The molecule has 0 atom stereocenters. The highest BCUT2D eigenvalue weighted by Crippen LogP contribution is 2.23. The molecule has 0 aliphatic heterocycles. The van der Waals surface area contributed by atoms with E-state index in [1.807, 2.05) is 0 Å². The van der Waals surface area contributed by atoms with E-state index in [0.717, 1.165) is 0 Å². The predicted octanol–water partition coefficient (Wildman–Crippen LogP) is 4.23. The maximum atomic E-state index is 11.9. The number of amides is 1. The van der Waals surface area contributed by atoms with Crippen LogP contribution in [0.25, 0.3) is 0 Å². The third-order valence-electron chi connectivity index (χ3n) is 2.56. The average molecular weight is 388 g/mol. The molecule has 0 aromatic heterocycles. The van der Waals surface area contributed by atoms with Gasteiger partial charge in [0.25, 0.3) is 5.91 Å². The highest BCUT2D eigenvalue weighted by atomic mass is 79.9. The van der Waals surface area contributed by atoms with Crippen LogP contribution in [-0.2, 0) is 0 Å². The molecule has 0 bridgehead atoms. The molecule has 21 heavy (non-hydrogen) atoms. The molecule has 4 nitrogen and oxygen atoms in total. The fourth-order valence-electron chi connectivity index (χ4n) is 1.54. The first-order chi connectivity index (χ1) is 9.99. The Labute approximate surface area is 139 Å². The van der Waals surface area contributed by atoms with E-state index < -0.39 is 5.91 Å². The quantitative estimate of drug-likeness (QED) is 0.611. The second kappa shape index (κ2) is 6.93. The number of carbonyl (C=O) groups is 1. The summed E-state index contributed by atoms with van der Waals surface area (Å²) >= 11 is 15.2. The number of phenolic OH excluding ortho intramolecular Hbond substituents is 1. The lowest BCUT2D eigenvalue weighted by Crippen LogP contribution is -2.17. The number of hydrogen-bond acceptors (Lipinski definition) is 3. The summed E-state index contributed by atoms with van der Waals surface area (Å²) in [4.78, 5) is 11.9. The summed E-state index contributed by atoms with van der Waals surface area (Å²) in [6.45, 7) is 0. The summed E-state index contributed by atoms with van der Waals surface area (Å²) in [5.41, 5.74) is 2.91. The molecule has 0 radical (unpaired) electrons. The minimum atomic E-state index is -0.548. The Bertz CT molecular complexity index is 700. The number of hydrogen-bond donors (Lipinski definition) is 2. The molecule has 108 valence electrons. The molecular formula is C14H9BrCl2N2O2. The van der Waals surface area contributed by atoms with Crippen LogP contribution in [0.4, 0.5) is 0 Å². The number of phenols is 1. The smallest absolute Gasteiger partial charge is 0.275 e. The van der Waals surface area contributed by atoms with Gasteiger partial charge in [0.15, 0.2) is 0 Å². The minimum Gasteiger partial charge on any atom is -0.507 e. The number of nitrogens with one attached hydrogen (secondary N) is 1. The van der Waals surface area contributed by atoms with Crippen LogP contribution in [-0.4, -0.2) is 17.2 Å². The van der Waals surface area contributed by atoms with E-state index in [1.165, 1.54) is 18.3 Å². The van der Waals surface area contributed by atoms with Crippen molar-refractivity contribution < 1.29 is 9.90 Å². The minimum absolute atomic E-state index is 0.104. The summed E-state index contributed by atoms with van der Waals surface area (Å²) in [7, 11) is 0. The van der Waals surface area contributed by atoms with Gasteiger partial charge in [-0.1, -0.05) is 45.2 Å². The van der Waals surface area contributed by atoms with Gasteiger partial charge in [-0.25, -0.2) is 5.43 Å². The molecular weight excluding hydrogens is 379 g/mol. The first-order valence-electron chi connectivity index (χ1n) is 5.75. The van der Waals surface area contributed by atoms with Crippen LogP contribution in [0, 0.1) is 0 Å². The lowest BCUT2D eigenvalue weighted by molar-refractivity contribution is 0.0952. The molecule has 0 saturated heterocycles. The number of carbonyl (C=O) groups excluding carboxylic acids is 1. The van der Waals surface area contributed by atoms with E-state index in [1.54, 1.807) is 24.3 Å². The number of hydrazone groups is 1. The molecule has 1 amide bonds. The maximum Gasteiger partial charge on any atom is 0.275 e. The highest BCUT2D eigenvalue weighted by molar-refractivity contribution is 9.10. The van der Waals surface area contributed by atoms with E-state index in [0.29, 0.717) is 20.1 Å². The predicted molar refractivity (Wildman–Crippen MR) is 87.3 cm³/mol. The Morgan fingerprint density at radius 3 is 2.57 bits per heavy atom. The van der Waals surface area contributed by atoms with Crippen molar-refractivity contribution in [1.29, 1.82) is 0 Å². The number of halogens is 3. The van der Waals surface area contributed by atoms with Gasteiger partial charge in [0.1, 0.15) is 5.75 Å². The molecule has 2 N–H and O–H groups in total. The molecule has 0 unspecified atom stereocenters. The molecule has 0 saturated carbocycles. The van der Waals surface area contributed by atoms with Crippen molar-refractivity contribution in [2.24, 2.45) is 5.10 Å².